The number of rotatable bonds is 7. The molecule has 1 amide bonds. The van der Waals surface area contributed by atoms with E-state index < -0.39 is 0 Å². The van der Waals surface area contributed by atoms with E-state index in [9.17, 15) is 4.79 Å². The number of amides is 1. The zero-order valence-corrected chi connectivity index (χ0v) is 18.6. The minimum atomic E-state index is -0.172. The summed E-state index contributed by atoms with van der Waals surface area (Å²) in [6, 6.07) is 19.7. The van der Waals surface area contributed by atoms with Crippen LogP contribution in [0.2, 0.25) is 5.02 Å². The smallest absolute Gasteiger partial charge is 0.250 e. The van der Waals surface area contributed by atoms with Gasteiger partial charge >= 0.3 is 0 Å². The van der Waals surface area contributed by atoms with E-state index in [1.807, 2.05) is 67.6 Å². The van der Waals surface area contributed by atoms with Gasteiger partial charge in [0.05, 0.1) is 29.5 Å². The first-order valence-corrected chi connectivity index (χ1v) is 11.5. The van der Waals surface area contributed by atoms with E-state index in [0.717, 1.165) is 26.6 Å². The number of hydrazone groups is 1. The Kier molecular flexibility index (Phi) is 6.52. The molecule has 30 heavy (non-hydrogen) atoms. The fourth-order valence-electron chi connectivity index (χ4n) is 2.94. The standard InChI is InChI=1S/C22H19ClN4OS2/c1-15-6-11-18(30-15)12-24-26-21(28)14-29-22-25-19-4-2-3-5-20(19)27(22)13-16-7-9-17(23)10-8-16/h2-12H,13-14H2,1H3,(H,26,28)/b24-12+. The van der Waals surface area contributed by atoms with E-state index in [-0.39, 0.29) is 11.7 Å². The Balaban J connectivity index is 1.45. The summed E-state index contributed by atoms with van der Waals surface area (Å²) in [7, 11) is 0. The second kappa shape index (κ2) is 9.47. The first-order valence-electron chi connectivity index (χ1n) is 9.29. The number of aryl methyl sites for hydroxylation is 1. The number of nitrogens with zero attached hydrogens (tertiary/aromatic N) is 3. The van der Waals surface area contributed by atoms with E-state index in [1.165, 1.54) is 16.6 Å². The van der Waals surface area contributed by atoms with Crippen molar-refractivity contribution in [2.45, 2.75) is 18.6 Å². The Morgan fingerprint density at radius 3 is 2.77 bits per heavy atom. The molecule has 0 aliphatic heterocycles. The predicted octanol–water partition coefficient (Wildman–Crippen LogP) is 5.35. The van der Waals surface area contributed by atoms with E-state index in [2.05, 4.69) is 15.1 Å². The summed E-state index contributed by atoms with van der Waals surface area (Å²) in [6.07, 6.45) is 1.66. The Labute approximate surface area is 187 Å². The molecule has 0 spiro atoms. The van der Waals surface area contributed by atoms with Crippen molar-refractivity contribution in [1.29, 1.82) is 0 Å². The second-order valence-corrected chi connectivity index (χ2v) is 9.32. The number of thiophene rings is 1. The van der Waals surface area contributed by atoms with Crippen molar-refractivity contribution in [3.63, 3.8) is 0 Å². The minimum absolute atomic E-state index is 0.172. The lowest BCUT2D eigenvalue weighted by Crippen LogP contribution is -2.20. The highest BCUT2D eigenvalue weighted by molar-refractivity contribution is 7.99. The predicted molar refractivity (Wildman–Crippen MR) is 126 cm³/mol. The number of imidazole rings is 1. The molecule has 0 aliphatic rings. The number of hydrogen-bond donors (Lipinski definition) is 1. The summed E-state index contributed by atoms with van der Waals surface area (Å²) in [6.45, 7) is 2.69. The lowest BCUT2D eigenvalue weighted by atomic mass is 10.2. The van der Waals surface area contributed by atoms with Crippen molar-refractivity contribution in [1.82, 2.24) is 15.0 Å². The van der Waals surface area contributed by atoms with Crippen LogP contribution in [0.1, 0.15) is 15.3 Å². The average Bonchev–Trinajstić information content (AvgIpc) is 3.31. The molecule has 4 aromatic rings. The summed E-state index contributed by atoms with van der Waals surface area (Å²) >= 11 is 9.03. The van der Waals surface area contributed by atoms with Crippen LogP contribution in [0.25, 0.3) is 11.0 Å². The van der Waals surface area contributed by atoms with Gasteiger partial charge in [-0.1, -0.05) is 47.6 Å². The third-order valence-corrected chi connectivity index (χ3v) is 6.51. The highest BCUT2D eigenvalue weighted by Crippen LogP contribution is 2.25. The molecule has 0 saturated heterocycles. The minimum Gasteiger partial charge on any atom is -0.314 e. The first-order chi connectivity index (χ1) is 14.6. The number of nitrogens with one attached hydrogen (secondary N) is 1. The van der Waals surface area contributed by atoms with Gasteiger partial charge in [0.25, 0.3) is 5.91 Å². The molecule has 152 valence electrons. The Morgan fingerprint density at radius 1 is 1.20 bits per heavy atom. The summed E-state index contributed by atoms with van der Waals surface area (Å²) < 4.78 is 2.12. The fraction of sp³-hybridized carbons (Fsp3) is 0.136. The van der Waals surface area contributed by atoms with Gasteiger partial charge in [-0.05, 0) is 48.9 Å². The number of benzene rings is 2. The highest BCUT2D eigenvalue weighted by atomic mass is 35.5. The van der Waals surface area contributed by atoms with Crippen molar-refractivity contribution in [2.24, 2.45) is 5.10 Å². The van der Waals surface area contributed by atoms with Crippen LogP contribution < -0.4 is 5.43 Å². The Hall–Kier alpha value is -2.61. The molecule has 2 aromatic carbocycles. The quantitative estimate of drug-likeness (QED) is 0.232. The van der Waals surface area contributed by atoms with E-state index >= 15 is 0 Å². The number of thioether (sulfide) groups is 1. The molecule has 4 rings (SSSR count). The van der Waals surface area contributed by atoms with Crippen LogP contribution in [0.15, 0.2) is 70.9 Å². The van der Waals surface area contributed by atoms with E-state index in [4.69, 9.17) is 16.6 Å². The van der Waals surface area contributed by atoms with Gasteiger partial charge in [-0.25, -0.2) is 10.4 Å². The van der Waals surface area contributed by atoms with Gasteiger partial charge < -0.3 is 4.57 Å². The SMILES string of the molecule is Cc1ccc(/C=N/NC(=O)CSc2nc3ccccc3n2Cc2ccc(Cl)cc2)s1. The molecule has 0 aliphatic carbocycles. The number of carbonyl (C=O) groups excluding carboxylic acids is 1. The van der Waals surface area contributed by atoms with Gasteiger partial charge in [-0.15, -0.1) is 11.3 Å². The zero-order valence-electron chi connectivity index (χ0n) is 16.2. The molecule has 0 unspecified atom stereocenters. The van der Waals surface area contributed by atoms with Crippen molar-refractivity contribution in [3.05, 3.63) is 81.0 Å². The van der Waals surface area contributed by atoms with Crippen LogP contribution in [-0.2, 0) is 11.3 Å². The van der Waals surface area contributed by atoms with Crippen molar-refractivity contribution in [3.8, 4) is 0 Å². The van der Waals surface area contributed by atoms with Crippen LogP contribution in [0.3, 0.4) is 0 Å². The lowest BCUT2D eigenvalue weighted by Gasteiger charge is -2.09. The van der Waals surface area contributed by atoms with Gasteiger partial charge in [-0.3, -0.25) is 4.79 Å². The first kappa shape index (κ1) is 20.7. The van der Waals surface area contributed by atoms with Gasteiger partial charge in [-0.2, -0.15) is 5.10 Å². The number of aromatic nitrogens is 2. The largest absolute Gasteiger partial charge is 0.314 e. The number of hydrogen-bond acceptors (Lipinski definition) is 5. The second-order valence-electron chi connectivity index (χ2n) is 6.63. The molecule has 2 heterocycles. The fourth-order valence-corrected chi connectivity index (χ4v) is 4.62. The maximum Gasteiger partial charge on any atom is 0.250 e. The van der Waals surface area contributed by atoms with Crippen LogP contribution >= 0.6 is 34.7 Å². The summed E-state index contributed by atoms with van der Waals surface area (Å²) in [5, 5.41) is 5.54. The van der Waals surface area contributed by atoms with Crippen LogP contribution in [0.4, 0.5) is 0 Å². The lowest BCUT2D eigenvalue weighted by molar-refractivity contribution is -0.118. The summed E-state index contributed by atoms with van der Waals surface area (Å²) in [5.41, 5.74) is 5.63. The molecule has 0 fully saturated rings. The number of carbonyl (C=O) groups is 1. The van der Waals surface area contributed by atoms with Gasteiger partial charge in [0.2, 0.25) is 0 Å². The number of fused-ring (bicyclic) bond motifs is 1. The molecule has 1 N–H and O–H groups in total. The van der Waals surface area contributed by atoms with Crippen LogP contribution in [0.5, 0.6) is 0 Å². The summed E-state index contributed by atoms with van der Waals surface area (Å²) in [5.74, 6) is 0.0553. The third-order valence-electron chi connectivity index (χ3n) is 4.35. The molecule has 8 heteroatoms. The molecule has 0 saturated carbocycles. The van der Waals surface area contributed by atoms with E-state index in [0.29, 0.717) is 11.6 Å². The number of para-hydroxylation sites is 2. The molecule has 0 bridgehead atoms. The number of halogens is 1. The van der Waals surface area contributed by atoms with E-state index in [1.54, 1.807) is 17.6 Å². The molecular weight excluding hydrogens is 436 g/mol. The topological polar surface area (TPSA) is 59.3 Å². The molecule has 0 atom stereocenters. The monoisotopic (exact) mass is 454 g/mol. The zero-order chi connectivity index (χ0) is 20.9. The Morgan fingerprint density at radius 2 is 2.00 bits per heavy atom. The molecule has 2 aromatic heterocycles. The van der Waals surface area contributed by atoms with Gasteiger partial charge in [0.15, 0.2) is 5.16 Å². The maximum absolute atomic E-state index is 12.2. The van der Waals surface area contributed by atoms with Crippen molar-refractivity contribution in [2.75, 3.05) is 5.75 Å². The normalized spacial score (nSPS) is 11.4. The maximum atomic E-state index is 12.2. The van der Waals surface area contributed by atoms with Crippen molar-refractivity contribution >= 4 is 57.9 Å². The molecule has 5 nitrogen and oxygen atoms in total. The average molecular weight is 455 g/mol. The molecule has 0 radical (unpaired) electrons. The van der Waals surface area contributed by atoms with Gasteiger partial charge in [0.1, 0.15) is 0 Å². The highest BCUT2D eigenvalue weighted by Gasteiger charge is 2.13. The van der Waals surface area contributed by atoms with Crippen LogP contribution in [-0.4, -0.2) is 27.4 Å². The molecular formula is C22H19ClN4OS2. The van der Waals surface area contributed by atoms with Crippen molar-refractivity contribution < 1.29 is 4.79 Å². The Bertz CT molecular complexity index is 1200. The third kappa shape index (κ3) is 5.11. The van der Waals surface area contributed by atoms with Gasteiger partial charge in [0, 0.05) is 14.8 Å². The summed E-state index contributed by atoms with van der Waals surface area (Å²) in [4.78, 5) is 19.2. The van der Waals surface area contributed by atoms with Crippen LogP contribution in [0, 0.1) is 6.92 Å².